The van der Waals surface area contributed by atoms with Crippen molar-refractivity contribution in [2.75, 3.05) is 39.0 Å². The molecule has 1 fully saturated rings. The zero-order chi connectivity index (χ0) is 14.5. The Morgan fingerprint density at radius 3 is 2.90 bits per heavy atom. The minimum absolute atomic E-state index is 0.0629. The lowest BCUT2D eigenvalue weighted by Gasteiger charge is -2.20. The van der Waals surface area contributed by atoms with Crippen LogP contribution in [0.4, 0.5) is 5.69 Å². The van der Waals surface area contributed by atoms with Gasteiger partial charge in [-0.25, -0.2) is 0 Å². The van der Waals surface area contributed by atoms with Crippen molar-refractivity contribution in [2.24, 2.45) is 0 Å². The number of hydrogen-bond donors (Lipinski definition) is 1. The van der Waals surface area contributed by atoms with Crippen LogP contribution in [0.1, 0.15) is 12.0 Å². The molecule has 0 radical (unpaired) electrons. The highest BCUT2D eigenvalue weighted by molar-refractivity contribution is 5.93. The van der Waals surface area contributed by atoms with E-state index < -0.39 is 0 Å². The second kappa shape index (κ2) is 6.51. The third-order valence-electron chi connectivity index (χ3n) is 3.67. The Hall–Kier alpha value is -1.90. The van der Waals surface area contributed by atoms with Crippen molar-refractivity contribution in [1.29, 1.82) is 5.26 Å². The molecule has 0 spiro atoms. The fraction of sp³-hybridized carbons (Fsp3) is 0.467. The number of rotatable bonds is 4. The van der Waals surface area contributed by atoms with Crippen LogP contribution in [0.25, 0.3) is 0 Å². The molecule has 1 aromatic carbocycles. The van der Waals surface area contributed by atoms with Gasteiger partial charge in [0.2, 0.25) is 5.91 Å². The van der Waals surface area contributed by atoms with E-state index in [1.165, 1.54) is 0 Å². The highest BCUT2D eigenvalue weighted by Gasteiger charge is 2.25. The summed E-state index contributed by atoms with van der Waals surface area (Å²) in [7, 11) is 4.13. The molecule has 1 amide bonds. The number of hydrogen-bond acceptors (Lipinski definition) is 4. The van der Waals surface area contributed by atoms with Crippen LogP contribution in [-0.2, 0) is 4.79 Å². The quantitative estimate of drug-likeness (QED) is 0.892. The number of carbonyl (C=O) groups excluding carboxylic acids is 1. The Balaban J connectivity index is 1.89. The number of para-hydroxylation sites is 1. The fourth-order valence-electron chi connectivity index (χ4n) is 2.46. The van der Waals surface area contributed by atoms with Crippen molar-refractivity contribution in [3.63, 3.8) is 0 Å². The van der Waals surface area contributed by atoms with Crippen LogP contribution >= 0.6 is 0 Å². The first kappa shape index (κ1) is 14.5. The third-order valence-corrected chi connectivity index (χ3v) is 3.67. The lowest BCUT2D eigenvalue weighted by Crippen LogP contribution is -2.35. The molecule has 1 unspecified atom stereocenters. The van der Waals surface area contributed by atoms with Crippen molar-refractivity contribution in [1.82, 2.24) is 9.80 Å². The van der Waals surface area contributed by atoms with Crippen LogP contribution in [0.5, 0.6) is 0 Å². The van der Waals surface area contributed by atoms with E-state index in [1.807, 2.05) is 6.07 Å². The summed E-state index contributed by atoms with van der Waals surface area (Å²) in [6.07, 6.45) is 1.09. The molecule has 1 aliphatic rings. The molecule has 106 valence electrons. The lowest BCUT2D eigenvalue weighted by atomic mass is 10.2. The molecular weight excluding hydrogens is 252 g/mol. The monoisotopic (exact) mass is 272 g/mol. The number of likely N-dealkylation sites (N-methyl/N-ethyl adjacent to an activating group) is 1. The maximum atomic E-state index is 12.0. The van der Waals surface area contributed by atoms with Gasteiger partial charge in [0.15, 0.2) is 0 Å². The lowest BCUT2D eigenvalue weighted by molar-refractivity contribution is -0.117. The molecule has 0 bridgehead atoms. The van der Waals surface area contributed by atoms with Crippen LogP contribution in [0.3, 0.4) is 0 Å². The number of nitrogens with zero attached hydrogens (tertiary/aromatic N) is 3. The number of nitrogens with one attached hydrogen (secondary N) is 1. The molecule has 1 saturated heterocycles. The molecular formula is C15H20N4O. The smallest absolute Gasteiger partial charge is 0.238 e. The van der Waals surface area contributed by atoms with E-state index >= 15 is 0 Å². The molecule has 20 heavy (non-hydrogen) atoms. The molecule has 1 N–H and O–H groups in total. The predicted octanol–water partition coefficient (Wildman–Crippen LogP) is 1.13. The molecule has 1 aromatic rings. The SMILES string of the molecule is CN(C)C1CCN(CC(=O)Nc2ccccc2C#N)C1. The highest BCUT2D eigenvalue weighted by Crippen LogP contribution is 2.15. The van der Waals surface area contributed by atoms with Crippen LogP contribution in [0.2, 0.25) is 0 Å². The van der Waals surface area contributed by atoms with Gasteiger partial charge < -0.3 is 10.2 Å². The van der Waals surface area contributed by atoms with Crippen LogP contribution in [-0.4, -0.2) is 55.5 Å². The second-order valence-corrected chi connectivity index (χ2v) is 5.35. The number of amides is 1. The van der Waals surface area contributed by atoms with Crippen LogP contribution < -0.4 is 5.32 Å². The summed E-state index contributed by atoms with van der Waals surface area (Å²) in [4.78, 5) is 16.4. The number of carbonyl (C=O) groups is 1. The van der Waals surface area contributed by atoms with Gasteiger partial charge in [-0.05, 0) is 32.6 Å². The fourth-order valence-corrected chi connectivity index (χ4v) is 2.46. The van der Waals surface area contributed by atoms with Gasteiger partial charge in [0.25, 0.3) is 0 Å². The van der Waals surface area contributed by atoms with Gasteiger partial charge in [0.1, 0.15) is 6.07 Å². The Bertz CT molecular complexity index is 521. The first-order chi connectivity index (χ1) is 9.60. The van der Waals surface area contributed by atoms with Gasteiger partial charge in [-0.1, -0.05) is 12.1 Å². The van der Waals surface area contributed by atoms with Crippen LogP contribution in [0.15, 0.2) is 24.3 Å². The summed E-state index contributed by atoms with van der Waals surface area (Å²) < 4.78 is 0. The van der Waals surface area contributed by atoms with Gasteiger partial charge in [0, 0.05) is 19.1 Å². The van der Waals surface area contributed by atoms with Gasteiger partial charge in [0.05, 0.1) is 17.8 Å². The molecule has 2 rings (SSSR count). The van der Waals surface area contributed by atoms with E-state index in [-0.39, 0.29) is 5.91 Å². The molecule has 1 aliphatic heterocycles. The molecule has 5 heteroatoms. The van der Waals surface area contributed by atoms with Crippen molar-refractivity contribution in [3.05, 3.63) is 29.8 Å². The summed E-state index contributed by atoms with van der Waals surface area (Å²) in [5.74, 6) is -0.0629. The number of benzene rings is 1. The number of anilines is 1. The largest absolute Gasteiger partial charge is 0.324 e. The molecule has 0 aliphatic carbocycles. The summed E-state index contributed by atoms with van der Waals surface area (Å²) in [6.45, 7) is 2.24. The molecule has 0 aromatic heterocycles. The minimum Gasteiger partial charge on any atom is -0.324 e. The Morgan fingerprint density at radius 1 is 1.50 bits per heavy atom. The minimum atomic E-state index is -0.0629. The van der Waals surface area contributed by atoms with Gasteiger partial charge in [-0.2, -0.15) is 5.26 Å². The molecule has 0 saturated carbocycles. The summed E-state index contributed by atoms with van der Waals surface area (Å²) in [5.41, 5.74) is 1.08. The van der Waals surface area contributed by atoms with E-state index in [1.54, 1.807) is 18.2 Å². The standard InChI is InChI=1S/C15H20N4O/c1-18(2)13-7-8-19(10-13)11-15(20)17-14-6-4-3-5-12(14)9-16/h3-6,13H,7-8,10-11H2,1-2H3,(H,17,20). The topological polar surface area (TPSA) is 59.4 Å². The zero-order valence-electron chi connectivity index (χ0n) is 12.0. The maximum absolute atomic E-state index is 12.0. The zero-order valence-corrected chi connectivity index (χ0v) is 12.0. The van der Waals surface area contributed by atoms with Gasteiger partial charge >= 0.3 is 0 Å². The average Bonchev–Trinajstić information content (AvgIpc) is 2.88. The maximum Gasteiger partial charge on any atom is 0.238 e. The van der Waals surface area contributed by atoms with Crippen molar-refractivity contribution in [2.45, 2.75) is 12.5 Å². The average molecular weight is 272 g/mol. The van der Waals surface area contributed by atoms with E-state index in [0.717, 1.165) is 19.5 Å². The van der Waals surface area contributed by atoms with Gasteiger partial charge in [-0.3, -0.25) is 9.69 Å². The van der Waals surface area contributed by atoms with E-state index in [2.05, 4.69) is 35.3 Å². The van der Waals surface area contributed by atoms with Crippen molar-refractivity contribution >= 4 is 11.6 Å². The second-order valence-electron chi connectivity index (χ2n) is 5.35. The highest BCUT2D eigenvalue weighted by atomic mass is 16.2. The Labute approximate surface area is 119 Å². The Morgan fingerprint density at radius 2 is 2.25 bits per heavy atom. The summed E-state index contributed by atoms with van der Waals surface area (Å²) in [5, 5.41) is 11.8. The molecule has 1 atom stereocenters. The number of nitriles is 1. The normalized spacial score (nSPS) is 19.0. The van der Waals surface area contributed by atoms with E-state index in [4.69, 9.17) is 5.26 Å². The third kappa shape index (κ3) is 3.56. The first-order valence-electron chi connectivity index (χ1n) is 6.78. The predicted molar refractivity (Wildman–Crippen MR) is 78.3 cm³/mol. The van der Waals surface area contributed by atoms with Gasteiger partial charge in [-0.15, -0.1) is 0 Å². The van der Waals surface area contributed by atoms with Crippen LogP contribution in [0, 0.1) is 11.3 Å². The summed E-state index contributed by atoms with van der Waals surface area (Å²) in [6, 6.07) is 9.66. The number of likely N-dealkylation sites (tertiary alicyclic amines) is 1. The van der Waals surface area contributed by atoms with E-state index in [0.29, 0.717) is 23.8 Å². The Kier molecular flexibility index (Phi) is 4.72. The first-order valence-corrected chi connectivity index (χ1v) is 6.78. The van der Waals surface area contributed by atoms with Crippen molar-refractivity contribution in [3.8, 4) is 6.07 Å². The van der Waals surface area contributed by atoms with Crippen molar-refractivity contribution < 1.29 is 4.79 Å². The van der Waals surface area contributed by atoms with E-state index in [9.17, 15) is 4.79 Å². The molecule has 5 nitrogen and oxygen atoms in total. The molecule has 1 heterocycles. The summed E-state index contributed by atoms with van der Waals surface area (Å²) >= 11 is 0.